The van der Waals surface area contributed by atoms with Crippen molar-refractivity contribution >= 4 is 5.97 Å². The van der Waals surface area contributed by atoms with E-state index in [1.165, 1.54) is 0 Å². The zero-order valence-corrected chi connectivity index (χ0v) is 9.95. The zero-order chi connectivity index (χ0) is 11.9. The highest BCUT2D eigenvalue weighted by Crippen LogP contribution is 2.40. The van der Waals surface area contributed by atoms with Crippen LogP contribution in [0.2, 0.25) is 0 Å². The summed E-state index contributed by atoms with van der Waals surface area (Å²) >= 11 is 0. The Labute approximate surface area is 95.5 Å². The number of aromatic carboxylic acids is 1. The summed E-state index contributed by atoms with van der Waals surface area (Å²) in [7, 11) is 0. The maximum Gasteiger partial charge on any atom is 0.337 e. The zero-order valence-electron chi connectivity index (χ0n) is 9.95. The minimum Gasteiger partial charge on any atom is -0.478 e. The average molecular weight is 219 g/mol. The molecule has 1 aromatic heterocycles. The molecule has 1 saturated carbocycles. The molecule has 0 aliphatic heterocycles. The van der Waals surface area contributed by atoms with Crippen LogP contribution in [0.1, 0.15) is 61.1 Å². The molecule has 1 heterocycles. The van der Waals surface area contributed by atoms with Gasteiger partial charge < -0.3 is 5.11 Å². The van der Waals surface area contributed by atoms with Gasteiger partial charge in [0.2, 0.25) is 0 Å². The third-order valence-corrected chi connectivity index (χ3v) is 2.90. The van der Waals surface area contributed by atoms with Crippen LogP contribution in [0.4, 0.5) is 0 Å². The molecule has 16 heavy (non-hydrogen) atoms. The fourth-order valence-electron chi connectivity index (χ4n) is 1.88. The Hall–Kier alpha value is -1.38. The van der Waals surface area contributed by atoms with Crippen molar-refractivity contribution in [1.82, 2.24) is 4.98 Å². The number of hydrogen-bond donors (Lipinski definition) is 1. The van der Waals surface area contributed by atoms with E-state index in [0.717, 1.165) is 18.4 Å². The molecule has 1 N–H and O–H groups in total. The van der Waals surface area contributed by atoms with Crippen molar-refractivity contribution in [3.63, 3.8) is 0 Å². The molecule has 1 aliphatic carbocycles. The minimum atomic E-state index is -0.875. The number of rotatable bonds is 2. The largest absolute Gasteiger partial charge is 0.478 e. The average Bonchev–Trinajstić information content (AvgIpc) is 2.98. The van der Waals surface area contributed by atoms with Crippen LogP contribution < -0.4 is 0 Å². The molecule has 0 bridgehead atoms. The first kappa shape index (κ1) is 11.1. The van der Waals surface area contributed by atoms with Gasteiger partial charge in [-0.25, -0.2) is 4.79 Å². The number of aromatic nitrogens is 1. The van der Waals surface area contributed by atoms with Crippen LogP contribution in [0.25, 0.3) is 0 Å². The summed E-state index contributed by atoms with van der Waals surface area (Å²) in [6.45, 7) is 5.95. The first-order valence-electron chi connectivity index (χ1n) is 5.63. The lowest BCUT2D eigenvalue weighted by molar-refractivity contribution is 0.0693. The Balaban J connectivity index is 2.49. The maximum atomic E-state index is 11.2. The first-order valence-corrected chi connectivity index (χ1v) is 5.63. The van der Waals surface area contributed by atoms with Crippen molar-refractivity contribution < 1.29 is 9.90 Å². The quantitative estimate of drug-likeness (QED) is 0.832. The van der Waals surface area contributed by atoms with Gasteiger partial charge in [-0.3, -0.25) is 4.98 Å². The van der Waals surface area contributed by atoms with E-state index < -0.39 is 5.97 Å². The van der Waals surface area contributed by atoms with E-state index in [1.54, 1.807) is 6.07 Å². The first-order chi connectivity index (χ1) is 7.39. The van der Waals surface area contributed by atoms with Gasteiger partial charge in [-0.15, -0.1) is 0 Å². The summed E-state index contributed by atoms with van der Waals surface area (Å²) in [5.41, 5.74) is 1.88. The third-order valence-electron chi connectivity index (χ3n) is 2.90. The smallest absolute Gasteiger partial charge is 0.337 e. The molecule has 0 unspecified atom stereocenters. The highest BCUT2D eigenvalue weighted by atomic mass is 16.4. The fourth-order valence-corrected chi connectivity index (χ4v) is 1.88. The summed E-state index contributed by atoms with van der Waals surface area (Å²) in [5, 5.41) is 9.22. The standard InChI is InChI=1S/C13H17NO2/c1-13(2,3)11-10(12(15)16)6-9(7-14-11)8-4-5-8/h6-8H,4-5H2,1-3H3,(H,15,16). The number of pyridine rings is 1. The molecule has 3 nitrogen and oxygen atoms in total. The van der Waals surface area contributed by atoms with Crippen LogP contribution in [-0.2, 0) is 5.41 Å². The minimum absolute atomic E-state index is 0.226. The molecular weight excluding hydrogens is 202 g/mol. The van der Waals surface area contributed by atoms with Crippen LogP contribution >= 0.6 is 0 Å². The van der Waals surface area contributed by atoms with E-state index in [4.69, 9.17) is 0 Å². The van der Waals surface area contributed by atoms with Gasteiger partial charge in [0.25, 0.3) is 0 Å². The van der Waals surface area contributed by atoms with E-state index in [0.29, 0.717) is 17.2 Å². The lowest BCUT2D eigenvalue weighted by Crippen LogP contribution is -2.19. The number of carbonyl (C=O) groups is 1. The van der Waals surface area contributed by atoms with E-state index in [-0.39, 0.29) is 5.41 Å². The second-order valence-corrected chi connectivity index (χ2v) is 5.49. The molecule has 0 spiro atoms. The summed E-state index contributed by atoms with van der Waals surface area (Å²) in [5.74, 6) is -0.334. The lowest BCUT2D eigenvalue weighted by atomic mass is 9.87. The molecular formula is C13H17NO2. The summed E-state index contributed by atoms with van der Waals surface area (Å²) in [6, 6.07) is 1.80. The Kier molecular flexibility index (Phi) is 2.49. The molecule has 3 heteroatoms. The predicted octanol–water partition coefficient (Wildman–Crippen LogP) is 2.95. The van der Waals surface area contributed by atoms with Gasteiger partial charge in [0, 0.05) is 11.6 Å². The molecule has 0 saturated heterocycles. The number of nitrogens with zero attached hydrogens (tertiary/aromatic N) is 1. The van der Waals surface area contributed by atoms with Gasteiger partial charge in [0.1, 0.15) is 0 Å². The third kappa shape index (κ3) is 2.08. The van der Waals surface area contributed by atoms with Crippen molar-refractivity contribution in [3.8, 4) is 0 Å². The Morgan fingerprint density at radius 1 is 1.44 bits per heavy atom. The Morgan fingerprint density at radius 3 is 2.50 bits per heavy atom. The van der Waals surface area contributed by atoms with Gasteiger partial charge >= 0.3 is 5.97 Å². The van der Waals surface area contributed by atoms with Crippen molar-refractivity contribution in [2.24, 2.45) is 0 Å². The van der Waals surface area contributed by atoms with Crippen molar-refractivity contribution in [3.05, 3.63) is 29.1 Å². The Morgan fingerprint density at radius 2 is 2.06 bits per heavy atom. The normalized spacial score (nSPS) is 16.2. The molecule has 86 valence electrons. The molecule has 0 aromatic carbocycles. The topological polar surface area (TPSA) is 50.2 Å². The van der Waals surface area contributed by atoms with Gasteiger partial charge in [-0.2, -0.15) is 0 Å². The van der Waals surface area contributed by atoms with Gasteiger partial charge in [-0.1, -0.05) is 20.8 Å². The maximum absolute atomic E-state index is 11.2. The van der Waals surface area contributed by atoms with E-state index in [9.17, 15) is 9.90 Å². The van der Waals surface area contributed by atoms with Crippen LogP contribution in [0.3, 0.4) is 0 Å². The van der Waals surface area contributed by atoms with E-state index in [2.05, 4.69) is 4.98 Å². The van der Waals surface area contributed by atoms with Crippen LogP contribution in [0.5, 0.6) is 0 Å². The molecule has 0 amide bonds. The molecule has 1 aromatic rings. The monoisotopic (exact) mass is 219 g/mol. The molecule has 1 aliphatic rings. The summed E-state index contributed by atoms with van der Waals surface area (Å²) < 4.78 is 0. The van der Waals surface area contributed by atoms with Crippen LogP contribution in [0.15, 0.2) is 12.3 Å². The summed E-state index contributed by atoms with van der Waals surface area (Å²) in [6.07, 6.45) is 4.16. The van der Waals surface area contributed by atoms with Crippen molar-refractivity contribution in [2.75, 3.05) is 0 Å². The van der Waals surface area contributed by atoms with E-state index >= 15 is 0 Å². The van der Waals surface area contributed by atoms with Crippen LogP contribution in [-0.4, -0.2) is 16.1 Å². The summed E-state index contributed by atoms with van der Waals surface area (Å²) in [4.78, 5) is 15.6. The molecule has 1 fully saturated rings. The van der Waals surface area contributed by atoms with Crippen LogP contribution in [0, 0.1) is 0 Å². The highest BCUT2D eigenvalue weighted by molar-refractivity contribution is 5.89. The number of hydrogen-bond acceptors (Lipinski definition) is 2. The fraction of sp³-hybridized carbons (Fsp3) is 0.538. The molecule has 0 atom stereocenters. The lowest BCUT2D eigenvalue weighted by Gasteiger charge is -2.20. The highest BCUT2D eigenvalue weighted by Gasteiger charge is 2.28. The molecule has 0 radical (unpaired) electrons. The predicted molar refractivity (Wildman–Crippen MR) is 61.9 cm³/mol. The Bertz CT molecular complexity index is 428. The second kappa shape index (κ2) is 3.58. The van der Waals surface area contributed by atoms with Gasteiger partial charge in [-0.05, 0) is 30.4 Å². The van der Waals surface area contributed by atoms with Crippen molar-refractivity contribution in [2.45, 2.75) is 44.9 Å². The van der Waals surface area contributed by atoms with Gasteiger partial charge in [0.15, 0.2) is 0 Å². The van der Waals surface area contributed by atoms with Crippen molar-refractivity contribution in [1.29, 1.82) is 0 Å². The van der Waals surface area contributed by atoms with E-state index in [1.807, 2.05) is 27.0 Å². The SMILES string of the molecule is CC(C)(C)c1ncc(C2CC2)cc1C(=O)O. The molecule has 2 rings (SSSR count). The number of carboxylic acid groups (broad SMARTS) is 1. The second-order valence-electron chi connectivity index (χ2n) is 5.49. The van der Waals surface area contributed by atoms with Gasteiger partial charge in [0.05, 0.1) is 11.3 Å². The number of carboxylic acids is 1.